The number of rotatable bonds is 7. The van der Waals surface area contributed by atoms with E-state index in [4.69, 9.17) is 5.73 Å². The number of para-hydroxylation sites is 1. The summed E-state index contributed by atoms with van der Waals surface area (Å²) < 4.78 is 0. The number of carbonyl (C=O) groups excluding carboxylic acids is 2. The largest absolute Gasteiger partial charge is 0.354 e. The summed E-state index contributed by atoms with van der Waals surface area (Å²) in [4.78, 5) is 23.2. The van der Waals surface area contributed by atoms with E-state index >= 15 is 0 Å². The molecular formula is C13H19N3O2S. The molecule has 0 saturated carbocycles. The van der Waals surface area contributed by atoms with Crippen molar-refractivity contribution in [2.75, 3.05) is 24.2 Å². The summed E-state index contributed by atoms with van der Waals surface area (Å²) in [6.45, 7) is 2.64. The molecule has 19 heavy (non-hydrogen) atoms. The van der Waals surface area contributed by atoms with Crippen molar-refractivity contribution in [1.29, 1.82) is 0 Å². The number of anilines is 1. The van der Waals surface area contributed by atoms with Crippen LogP contribution in [0.25, 0.3) is 0 Å². The Morgan fingerprint density at radius 2 is 2.00 bits per heavy atom. The van der Waals surface area contributed by atoms with Crippen LogP contribution in [0.3, 0.4) is 0 Å². The molecule has 6 heteroatoms. The first-order chi connectivity index (χ1) is 9.13. The van der Waals surface area contributed by atoms with Crippen LogP contribution in [-0.4, -0.2) is 35.9 Å². The van der Waals surface area contributed by atoms with Gasteiger partial charge in [0.15, 0.2) is 0 Å². The lowest BCUT2D eigenvalue weighted by atomic mass is 10.3. The Balaban J connectivity index is 2.28. The molecule has 0 aliphatic heterocycles. The van der Waals surface area contributed by atoms with E-state index < -0.39 is 0 Å². The molecule has 0 aromatic heterocycles. The van der Waals surface area contributed by atoms with Crippen molar-refractivity contribution in [3.8, 4) is 0 Å². The van der Waals surface area contributed by atoms with Crippen molar-refractivity contribution in [3.63, 3.8) is 0 Å². The Labute approximate surface area is 117 Å². The van der Waals surface area contributed by atoms with Gasteiger partial charge in [0, 0.05) is 18.8 Å². The average Bonchev–Trinajstić information content (AvgIpc) is 2.43. The lowest BCUT2D eigenvalue weighted by Crippen LogP contribution is -2.35. The Morgan fingerprint density at radius 3 is 2.63 bits per heavy atom. The standard InChI is InChI=1S/C13H19N3O2S/c1-10(13(18)15-8-7-14)19-9-12(17)16-11-5-3-2-4-6-11/h2-6,10H,7-9,14H2,1H3,(H,15,18)(H,16,17). The topological polar surface area (TPSA) is 84.2 Å². The van der Waals surface area contributed by atoms with Gasteiger partial charge in [0.1, 0.15) is 0 Å². The van der Waals surface area contributed by atoms with Crippen LogP contribution >= 0.6 is 11.8 Å². The highest BCUT2D eigenvalue weighted by Gasteiger charge is 2.14. The summed E-state index contributed by atoms with van der Waals surface area (Å²) in [5.74, 6) is 0.0316. The van der Waals surface area contributed by atoms with Crippen LogP contribution in [0.1, 0.15) is 6.92 Å². The van der Waals surface area contributed by atoms with Gasteiger partial charge in [0.25, 0.3) is 0 Å². The van der Waals surface area contributed by atoms with E-state index in [0.29, 0.717) is 13.1 Å². The van der Waals surface area contributed by atoms with Gasteiger partial charge < -0.3 is 16.4 Å². The van der Waals surface area contributed by atoms with Gasteiger partial charge in [0.05, 0.1) is 11.0 Å². The van der Waals surface area contributed by atoms with Crippen LogP contribution < -0.4 is 16.4 Å². The predicted octanol–water partition coefficient (Wildman–Crippen LogP) is 0.822. The van der Waals surface area contributed by atoms with Crippen LogP contribution in [0.5, 0.6) is 0 Å². The van der Waals surface area contributed by atoms with E-state index in [1.165, 1.54) is 11.8 Å². The fourth-order valence-corrected chi connectivity index (χ4v) is 2.04. The highest BCUT2D eigenvalue weighted by atomic mass is 32.2. The zero-order valence-corrected chi connectivity index (χ0v) is 11.7. The van der Waals surface area contributed by atoms with Crippen molar-refractivity contribution in [2.45, 2.75) is 12.2 Å². The van der Waals surface area contributed by atoms with Gasteiger partial charge in [-0.25, -0.2) is 0 Å². The number of nitrogens with one attached hydrogen (secondary N) is 2. The third kappa shape index (κ3) is 6.26. The molecule has 0 aliphatic carbocycles. The molecule has 1 aromatic carbocycles. The van der Waals surface area contributed by atoms with E-state index in [2.05, 4.69) is 10.6 Å². The van der Waals surface area contributed by atoms with Crippen molar-refractivity contribution in [2.24, 2.45) is 5.73 Å². The first-order valence-electron chi connectivity index (χ1n) is 6.07. The summed E-state index contributed by atoms with van der Waals surface area (Å²) >= 11 is 1.30. The molecule has 104 valence electrons. The number of hydrogen-bond donors (Lipinski definition) is 3. The molecule has 0 aliphatic rings. The maximum atomic E-state index is 11.7. The maximum absolute atomic E-state index is 11.7. The Morgan fingerprint density at radius 1 is 1.32 bits per heavy atom. The second-order valence-corrected chi connectivity index (χ2v) is 5.28. The van der Waals surface area contributed by atoms with E-state index in [0.717, 1.165) is 5.69 Å². The highest BCUT2D eigenvalue weighted by Crippen LogP contribution is 2.12. The molecule has 0 spiro atoms. The molecule has 0 heterocycles. The molecule has 1 unspecified atom stereocenters. The molecule has 1 atom stereocenters. The molecule has 0 bridgehead atoms. The first kappa shape index (κ1) is 15.5. The van der Waals surface area contributed by atoms with Gasteiger partial charge >= 0.3 is 0 Å². The zero-order valence-electron chi connectivity index (χ0n) is 10.9. The Kier molecular flexibility index (Phi) is 6.99. The number of hydrogen-bond acceptors (Lipinski definition) is 4. The monoisotopic (exact) mass is 281 g/mol. The highest BCUT2D eigenvalue weighted by molar-refractivity contribution is 8.01. The summed E-state index contributed by atoms with van der Waals surface area (Å²) in [5.41, 5.74) is 6.06. The van der Waals surface area contributed by atoms with Gasteiger partial charge in [-0.1, -0.05) is 18.2 Å². The summed E-state index contributed by atoms with van der Waals surface area (Å²) in [5, 5.41) is 5.19. The van der Waals surface area contributed by atoms with Crippen LogP contribution in [0.15, 0.2) is 30.3 Å². The minimum Gasteiger partial charge on any atom is -0.354 e. The Hall–Kier alpha value is -1.53. The third-order valence-electron chi connectivity index (χ3n) is 2.33. The molecule has 0 fully saturated rings. The lowest BCUT2D eigenvalue weighted by molar-refractivity contribution is -0.120. The van der Waals surface area contributed by atoms with E-state index in [-0.39, 0.29) is 22.8 Å². The number of benzene rings is 1. The maximum Gasteiger partial charge on any atom is 0.234 e. The lowest BCUT2D eigenvalue weighted by Gasteiger charge is -2.11. The SMILES string of the molecule is CC(SCC(=O)Nc1ccccc1)C(=O)NCCN. The molecule has 1 aromatic rings. The second-order valence-electron chi connectivity index (χ2n) is 3.95. The normalized spacial score (nSPS) is 11.7. The number of nitrogens with two attached hydrogens (primary N) is 1. The van der Waals surface area contributed by atoms with E-state index in [1.54, 1.807) is 6.92 Å². The fraction of sp³-hybridized carbons (Fsp3) is 0.385. The van der Waals surface area contributed by atoms with Gasteiger partial charge in [0.2, 0.25) is 11.8 Å². The first-order valence-corrected chi connectivity index (χ1v) is 7.12. The molecule has 4 N–H and O–H groups in total. The van der Waals surface area contributed by atoms with Crippen LogP contribution in [-0.2, 0) is 9.59 Å². The minimum atomic E-state index is -0.270. The van der Waals surface area contributed by atoms with Crippen molar-refractivity contribution in [1.82, 2.24) is 5.32 Å². The number of carbonyl (C=O) groups is 2. The summed E-state index contributed by atoms with van der Waals surface area (Å²) in [6, 6.07) is 9.23. The summed E-state index contributed by atoms with van der Waals surface area (Å²) in [7, 11) is 0. The molecule has 0 saturated heterocycles. The van der Waals surface area contributed by atoms with Crippen LogP contribution in [0.4, 0.5) is 5.69 Å². The van der Waals surface area contributed by atoms with Gasteiger partial charge in [-0.05, 0) is 19.1 Å². The molecule has 1 rings (SSSR count). The van der Waals surface area contributed by atoms with Crippen molar-refractivity contribution in [3.05, 3.63) is 30.3 Å². The molecular weight excluding hydrogens is 262 g/mol. The number of amides is 2. The number of thioether (sulfide) groups is 1. The second kappa shape index (κ2) is 8.55. The van der Waals surface area contributed by atoms with Gasteiger partial charge in [-0.15, -0.1) is 11.8 Å². The fourth-order valence-electron chi connectivity index (χ4n) is 1.33. The Bertz CT molecular complexity index is 412. The van der Waals surface area contributed by atoms with Crippen molar-refractivity contribution >= 4 is 29.3 Å². The predicted molar refractivity (Wildman–Crippen MR) is 79.1 cm³/mol. The van der Waals surface area contributed by atoms with Gasteiger partial charge in [-0.3, -0.25) is 9.59 Å². The molecule has 0 radical (unpaired) electrons. The van der Waals surface area contributed by atoms with Gasteiger partial charge in [-0.2, -0.15) is 0 Å². The minimum absolute atomic E-state index is 0.0945. The van der Waals surface area contributed by atoms with Crippen molar-refractivity contribution < 1.29 is 9.59 Å². The third-order valence-corrected chi connectivity index (χ3v) is 3.48. The van der Waals surface area contributed by atoms with E-state index in [9.17, 15) is 9.59 Å². The zero-order chi connectivity index (χ0) is 14.1. The summed E-state index contributed by atoms with van der Waals surface area (Å²) in [6.07, 6.45) is 0. The van der Waals surface area contributed by atoms with Crippen LogP contribution in [0, 0.1) is 0 Å². The van der Waals surface area contributed by atoms with E-state index in [1.807, 2.05) is 30.3 Å². The average molecular weight is 281 g/mol. The quantitative estimate of drug-likeness (QED) is 0.691. The molecule has 2 amide bonds. The smallest absolute Gasteiger partial charge is 0.234 e. The molecule has 5 nitrogen and oxygen atoms in total. The van der Waals surface area contributed by atoms with Crippen LogP contribution in [0.2, 0.25) is 0 Å².